The lowest BCUT2D eigenvalue weighted by Gasteiger charge is -2.40. The summed E-state index contributed by atoms with van der Waals surface area (Å²) >= 11 is 0. The van der Waals surface area contributed by atoms with Gasteiger partial charge in [-0.2, -0.15) is 5.26 Å². The Kier molecular flexibility index (Phi) is 6.07. The molecule has 8 nitrogen and oxygen atoms in total. The molecule has 150 valence electrons. The molecule has 1 aromatic heterocycles. The summed E-state index contributed by atoms with van der Waals surface area (Å²) in [4.78, 5) is 37.7. The van der Waals surface area contributed by atoms with E-state index in [0.717, 1.165) is 6.42 Å². The lowest BCUT2D eigenvalue weighted by atomic mass is 10.0. The van der Waals surface area contributed by atoms with Gasteiger partial charge >= 0.3 is 0 Å². The molecule has 1 aliphatic heterocycles. The van der Waals surface area contributed by atoms with Crippen LogP contribution in [0.15, 0.2) is 30.5 Å². The number of nitrogen functional groups attached to an aromatic ring is 1. The fourth-order valence-corrected chi connectivity index (χ4v) is 3.55. The second-order valence-corrected chi connectivity index (χ2v) is 6.90. The number of nitrogens with zero attached hydrogens (tertiary/aromatic N) is 5. The molecule has 2 N–H and O–H groups in total. The summed E-state index contributed by atoms with van der Waals surface area (Å²) in [5, 5.41) is 9.12. The Morgan fingerprint density at radius 3 is 2.83 bits per heavy atom. The van der Waals surface area contributed by atoms with Crippen molar-refractivity contribution < 1.29 is 9.59 Å². The molecule has 0 saturated carbocycles. The number of carbonyl (C=O) groups is 2. The van der Waals surface area contributed by atoms with Crippen molar-refractivity contribution in [3.63, 3.8) is 0 Å². The number of hydrogen-bond acceptors (Lipinski definition) is 6. The van der Waals surface area contributed by atoms with Crippen molar-refractivity contribution in [2.75, 3.05) is 25.4 Å². The lowest BCUT2D eigenvalue weighted by Crippen LogP contribution is -2.58. The minimum absolute atomic E-state index is 0.00756. The summed E-state index contributed by atoms with van der Waals surface area (Å²) < 4.78 is 0. The number of aromatic nitrogens is 2. The maximum Gasteiger partial charge on any atom is 0.254 e. The normalized spacial score (nSPS) is 16.6. The summed E-state index contributed by atoms with van der Waals surface area (Å²) in [6, 6.07) is 8.46. The highest BCUT2D eigenvalue weighted by Crippen LogP contribution is 2.23. The minimum Gasteiger partial charge on any atom is -0.381 e. The van der Waals surface area contributed by atoms with Crippen molar-refractivity contribution in [1.29, 1.82) is 5.26 Å². The van der Waals surface area contributed by atoms with E-state index < -0.39 is 6.04 Å². The summed E-state index contributed by atoms with van der Waals surface area (Å²) in [6.45, 7) is 5.65. The minimum atomic E-state index is -0.439. The predicted molar refractivity (Wildman–Crippen MR) is 109 cm³/mol. The lowest BCUT2D eigenvalue weighted by molar-refractivity contribution is -0.140. The Morgan fingerprint density at radius 1 is 1.34 bits per heavy atom. The number of benzene rings is 1. The van der Waals surface area contributed by atoms with E-state index in [1.54, 1.807) is 34.1 Å². The summed E-state index contributed by atoms with van der Waals surface area (Å²) in [7, 11) is 0. The highest BCUT2D eigenvalue weighted by atomic mass is 16.2. The number of piperazine rings is 1. The first kappa shape index (κ1) is 20.3. The van der Waals surface area contributed by atoms with Crippen LogP contribution in [0, 0.1) is 11.3 Å². The number of carbonyl (C=O) groups excluding carboxylic acids is 2. The zero-order valence-corrected chi connectivity index (χ0v) is 16.6. The first-order valence-electron chi connectivity index (χ1n) is 9.72. The van der Waals surface area contributed by atoms with Gasteiger partial charge in [0.1, 0.15) is 12.1 Å². The smallest absolute Gasteiger partial charge is 0.254 e. The first-order chi connectivity index (χ1) is 14.0. The molecule has 3 rings (SSSR count). The van der Waals surface area contributed by atoms with Gasteiger partial charge in [0.2, 0.25) is 5.91 Å². The van der Waals surface area contributed by atoms with Gasteiger partial charge < -0.3 is 15.5 Å². The van der Waals surface area contributed by atoms with Crippen LogP contribution in [0.3, 0.4) is 0 Å². The zero-order chi connectivity index (χ0) is 21.0. The Labute approximate surface area is 170 Å². The highest BCUT2D eigenvalue weighted by Gasteiger charge is 2.36. The van der Waals surface area contributed by atoms with Gasteiger partial charge in [-0.3, -0.25) is 9.59 Å². The van der Waals surface area contributed by atoms with E-state index in [1.807, 2.05) is 19.9 Å². The van der Waals surface area contributed by atoms with Gasteiger partial charge in [0.15, 0.2) is 11.5 Å². The fourth-order valence-electron chi connectivity index (χ4n) is 3.55. The van der Waals surface area contributed by atoms with Crippen molar-refractivity contribution in [1.82, 2.24) is 19.8 Å². The quantitative estimate of drug-likeness (QED) is 0.833. The highest BCUT2D eigenvalue weighted by molar-refractivity contribution is 5.99. The fraction of sp³-hybridized carbons (Fsp3) is 0.381. The van der Waals surface area contributed by atoms with Crippen LogP contribution in [0.2, 0.25) is 0 Å². The molecule has 2 amide bonds. The van der Waals surface area contributed by atoms with E-state index in [-0.39, 0.29) is 23.3 Å². The van der Waals surface area contributed by atoms with E-state index in [0.29, 0.717) is 42.9 Å². The van der Waals surface area contributed by atoms with Crippen LogP contribution < -0.4 is 5.73 Å². The molecule has 29 heavy (non-hydrogen) atoms. The van der Waals surface area contributed by atoms with E-state index >= 15 is 0 Å². The van der Waals surface area contributed by atoms with Crippen LogP contribution in [0.4, 0.5) is 5.82 Å². The van der Waals surface area contributed by atoms with Crippen molar-refractivity contribution in [3.05, 3.63) is 41.7 Å². The number of rotatable bonds is 5. The number of nitrogens with two attached hydrogens (primary N) is 1. The van der Waals surface area contributed by atoms with Crippen LogP contribution in [0.1, 0.15) is 42.7 Å². The third kappa shape index (κ3) is 4.04. The second kappa shape index (κ2) is 8.69. The topological polar surface area (TPSA) is 116 Å². The van der Waals surface area contributed by atoms with E-state index in [9.17, 15) is 9.59 Å². The Balaban J connectivity index is 1.91. The molecule has 1 fully saturated rings. The van der Waals surface area contributed by atoms with Crippen molar-refractivity contribution >= 4 is 17.6 Å². The maximum atomic E-state index is 13.2. The number of nitriles is 1. The van der Waals surface area contributed by atoms with Crippen LogP contribution in [0.25, 0.3) is 11.3 Å². The predicted octanol–water partition coefficient (Wildman–Crippen LogP) is 2.07. The average Bonchev–Trinajstić information content (AvgIpc) is 2.75. The standard InChI is InChI=1S/C21H24N6O2/c1-3-6-18-21(29)26(4-2)9-10-27(18)20(28)15-8-5-7-14(11-15)17-13-24-19(23)16(12-22)25-17/h5,7-8,11,13,18H,3-4,6,9-10H2,1-2H3,(H2,23,24). The van der Waals surface area contributed by atoms with E-state index in [1.165, 1.54) is 6.20 Å². The molecule has 2 aromatic rings. The Morgan fingerprint density at radius 2 is 2.14 bits per heavy atom. The monoisotopic (exact) mass is 392 g/mol. The molecular weight excluding hydrogens is 368 g/mol. The zero-order valence-electron chi connectivity index (χ0n) is 16.6. The number of amides is 2. The molecule has 0 aliphatic carbocycles. The molecule has 0 radical (unpaired) electrons. The Bertz CT molecular complexity index is 968. The molecule has 1 unspecified atom stereocenters. The van der Waals surface area contributed by atoms with Gasteiger partial charge in [0, 0.05) is 30.8 Å². The molecule has 2 heterocycles. The molecule has 0 bridgehead atoms. The van der Waals surface area contributed by atoms with Gasteiger partial charge in [0.05, 0.1) is 11.9 Å². The molecular formula is C21H24N6O2. The largest absolute Gasteiger partial charge is 0.381 e. The summed E-state index contributed by atoms with van der Waals surface area (Å²) in [6.07, 6.45) is 2.93. The van der Waals surface area contributed by atoms with Gasteiger partial charge in [-0.15, -0.1) is 0 Å². The second-order valence-electron chi connectivity index (χ2n) is 6.90. The van der Waals surface area contributed by atoms with Crippen LogP contribution in [0.5, 0.6) is 0 Å². The van der Waals surface area contributed by atoms with Crippen molar-refractivity contribution in [3.8, 4) is 17.3 Å². The molecule has 1 saturated heterocycles. The molecule has 8 heteroatoms. The molecule has 1 aliphatic rings. The Hall–Kier alpha value is -3.47. The first-order valence-corrected chi connectivity index (χ1v) is 9.72. The van der Waals surface area contributed by atoms with Gasteiger partial charge in [0.25, 0.3) is 5.91 Å². The third-order valence-electron chi connectivity index (χ3n) is 5.10. The summed E-state index contributed by atoms with van der Waals surface area (Å²) in [5.41, 5.74) is 7.27. The van der Waals surface area contributed by atoms with Crippen LogP contribution in [-0.4, -0.2) is 57.3 Å². The van der Waals surface area contributed by atoms with Gasteiger partial charge in [-0.25, -0.2) is 9.97 Å². The van der Waals surface area contributed by atoms with Crippen molar-refractivity contribution in [2.45, 2.75) is 32.7 Å². The molecule has 1 aromatic carbocycles. The molecule has 0 spiro atoms. The van der Waals surface area contributed by atoms with Crippen LogP contribution >= 0.6 is 0 Å². The summed E-state index contributed by atoms with van der Waals surface area (Å²) in [5.74, 6) is -0.107. The molecule has 1 atom stereocenters. The van der Waals surface area contributed by atoms with E-state index in [2.05, 4.69) is 9.97 Å². The average molecular weight is 392 g/mol. The SMILES string of the molecule is CCCC1C(=O)N(CC)CCN1C(=O)c1cccc(-c2cnc(N)c(C#N)n2)c1. The van der Waals surface area contributed by atoms with E-state index in [4.69, 9.17) is 11.0 Å². The number of anilines is 1. The number of likely N-dealkylation sites (N-methyl/N-ethyl adjacent to an activating group) is 1. The third-order valence-corrected chi connectivity index (χ3v) is 5.10. The van der Waals surface area contributed by atoms with Gasteiger partial charge in [-0.1, -0.05) is 25.5 Å². The van der Waals surface area contributed by atoms with Gasteiger partial charge in [-0.05, 0) is 25.5 Å². The number of hydrogen-bond donors (Lipinski definition) is 1. The van der Waals surface area contributed by atoms with Crippen molar-refractivity contribution in [2.24, 2.45) is 0 Å². The van der Waals surface area contributed by atoms with Crippen LogP contribution in [-0.2, 0) is 4.79 Å². The maximum absolute atomic E-state index is 13.2.